The summed E-state index contributed by atoms with van der Waals surface area (Å²) in [5.74, 6) is 1.38. The normalized spacial score (nSPS) is 10.3. The molecule has 0 bridgehead atoms. The molecule has 1 heterocycles. The van der Waals surface area contributed by atoms with E-state index in [1.54, 1.807) is 19.2 Å². The molecule has 6 nitrogen and oxygen atoms in total. The van der Waals surface area contributed by atoms with Crippen molar-refractivity contribution in [3.63, 3.8) is 0 Å². The van der Waals surface area contributed by atoms with E-state index in [0.29, 0.717) is 18.0 Å². The standard InChI is InChI=1S/C15H19N3O3/c1-9-13(10(2)21-18-9)8-16-14-7-12(17-11(3)19)5-6-15(14)20-4/h5-7,16H,8H2,1-4H3,(H,17,19). The summed E-state index contributed by atoms with van der Waals surface area (Å²) in [7, 11) is 1.61. The number of aromatic nitrogens is 1. The summed E-state index contributed by atoms with van der Waals surface area (Å²) in [6, 6.07) is 5.43. The third kappa shape index (κ3) is 3.53. The fourth-order valence-electron chi connectivity index (χ4n) is 2.07. The van der Waals surface area contributed by atoms with Crippen molar-refractivity contribution in [3.8, 4) is 5.75 Å². The number of methoxy groups -OCH3 is 1. The summed E-state index contributed by atoms with van der Waals surface area (Å²) < 4.78 is 10.5. The minimum atomic E-state index is -0.114. The second kappa shape index (κ2) is 6.30. The monoisotopic (exact) mass is 289 g/mol. The highest BCUT2D eigenvalue weighted by Crippen LogP contribution is 2.28. The van der Waals surface area contributed by atoms with Gasteiger partial charge in [0, 0.05) is 24.7 Å². The SMILES string of the molecule is COc1ccc(NC(C)=O)cc1NCc1c(C)noc1C. The van der Waals surface area contributed by atoms with Gasteiger partial charge in [0.15, 0.2) is 0 Å². The molecule has 6 heteroatoms. The predicted octanol–water partition coefficient (Wildman–Crippen LogP) is 2.87. The molecule has 21 heavy (non-hydrogen) atoms. The van der Waals surface area contributed by atoms with Gasteiger partial charge >= 0.3 is 0 Å². The van der Waals surface area contributed by atoms with Crippen LogP contribution in [0.15, 0.2) is 22.7 Å². The first-order chi connectivity index (χ1) is 10.0. The van der Waals surface area contributed by atoms with Crippen LogP contribution in [0.4, 0.5) is 11.4 Å². The Labute approximate surface area is 123 Å². The molecule has 0 spiro atoms. The maximum absolute atomic E-state index is 11.1. The van der Waals surface area contributed by atoms with Crippen LogP contribution in [0.1, 0.15) is 23.9 Å². The molecule has 2 N–H and O–H groups in total. The topological polar surface area (TPSA) is 76.4 Å². The van der Waals surface area contributed by atoms with E-state index in [1.807, 2.05) is 19.9 Å². The van der Waals surface area contributed by atoms with Crippen LogP contribution in [-0.4, -0.2) is 18.2 Å². The van der Waals surface area contributed by atoms with Crippen LogP contribution >= 0.6 is 0 Å². The Morgan fingerprint density at radius 2 is 2.14 bits per heavy atom. The zero-order chi connectivity index (χ0) is 15.4. The Morgan fingerprint density at radius 1 is 1.38 bits per heavy atom. The number of aryl methyl sites for hydroxylation is 2. The minimum absolute atomic E-state index is 0.114. The molecule has 0 aliphatic carbocycles. The lowest BCUT2D eigenvalue weighted by Gasteiger charge is -2.13. The van der Waals surface area contributed by atoms with Crippen LogP contribution in [0.2, 0.25) is 0 Å². The number of benzene rings is 1. The number of anilines is 2. The van der Waals surface area contributed by atoms with E-state index in [1.165, 1.54) is 6.92 Å². The first-order valence-corrected chi connectivity index (χ1v) is 6.62. The van der Waals surface area contributed by atoms with Crippen LogP contribution in [0.3, 0.4) is 0 Å². The second-order valence-electron chi connectivity index (χ2n) is 4.75. The molecule has 1 aromatic carbocycles. The van der Waals surface area contributed by atoms with Crippen molar-refractivity contribution in [1.29, 1.82) is 0 Å². The number of hydrogen-bond donors (Lipinski definition) is 2. The summed E-state index contributed by atoms with van der Waals surface area (Å²) >= 11 is 0. The quantitative estimate of drug-likeness (QED) is 0.885. The van der Waals surface area contributed by atoms with Crippen molar-refractivity contribution in [1.82, 2.24) is 5.16 Å². The molecule has 0 unspecified atom stereocenters. The number of ether oxygens (including phenoxy) is 1. The van der Waals surface area contributed by atoms with E-state index in [0.717, 1.165) is 22.7 Å². The highest BCUT2D eigenvalue weighted by Gasteiger charge is 2.10. The van der Waals surface area contributed by atoms with Gasteiger partial charge < -0.3 is 19.9 Å². The molecule has 0 fully saturated rings. The Bertz CT molecular complexity index is 630. The van der Waals surface area contributed by atoms with Gasteiger partial charge in [-0.2, -0.15) is 0 Å². The Morgan fingerprint density at radius 3 is 2.71 bits per heavy atom. The van der Waals surface area contributed by atoms with E-state index in [-0.39, 0.29) is 5.91 Å². The van der Waals surface area contributed by atoms with Crippen LogP contribution < -0.4 is 15.4 Å². The van der Waals surface area contributed by atoms with Gasteiger partial charge in [-0.3, -0.25) is 4.79 Å². The lowest BCUT2D eigenvalue weighted by atomic mass is 10.2. The molecule has 0 saturated heterocycles. The van der Waals surface area contributed by atoms with E-state index in [4.69, 9.17) is 9.26 Å². The van der Waals surface area contributed by atoms with Crippen molar-refractivity contribution in [2.75, 3.05) is 17.7 Å². The van der Waals surface area contributed by atoms with Crippen LogP contribution in [0, 0.1) is 13.8 Å². The summed E-state index contributed by atoms with van der Waals surface area (Å²) in [5.41, 5.74) is 3.38. The van der Waals surface area contributed by atoms with Crippen molar-refractivity contribution in [2.24, 2.45) is 0 Å². The second-order valence-corrected chi connectivity index (χ2v) is 4.75. The van der Waals surface area contributed by atoms with Gasteiger partial charge in [0.2, 0.25) is 5.91 Å². The molecule has 1 amide bonds. The summed E-state index contributed by atoms with van der Waals surface area (Å²) in [5, 5.41) is 9.96. The lowest BCUT2D eigenvalue weighted by Crippen LogP contribution is -2.07. The number of nitrogens with zero attached hydrogens (tertiary/aromatic N) is 1. The van der Waals surface area contributed by atoms with E-state index >= 15 is 0 Å². The van der Waals surface area contributed by atoms with Gasteiger partial charge in [0.05, 0.1) is 18.5 Å². The molecule has 0 atom stereocenters. The molecule has 0 aliphatic rings. The highest BCUT2D eigenvalue weighted by molar-refractivity contribution is 5.89. The average Bonchev–Trinajstić information content (AvgIpc) is 2.75. The predicted molar refractivity (Wildman–Crippen MR) is 80.6 cm³/mol. The van der Waals surface area contributed by atoms with E-state index in [2.05, 4.69) is 15.8 Å². The van der Waals surface area contributed by atoms with Crippen LogP contribution in [-0.2, 0) is 11.3 Å². The van der Waals surface area contributed by atoms with Crippen molar-refractivity contribution in [2.45, 2.75) is 27.3 Å². The molecule has 2 rings (SSSR count). The largest absolute Gasteiger partial charge is 0.495 e. The van der Waals surface area contributed by atoms with Gasteiger partial charge in [0.1, 0.15) is 11.5 Å². The Balaban J connectivity index is 2.19. The van der Waals surface area contributed by atoms with Crippen molar-refractivity contribution >= 4 is 17.3 Å². The highest BCUT2D eigenvalue weighted by atomic mass is 16.5. The zero-order valence-corrected chi connectivity index (χ0v) is 12.6. The Hall–Kier alpha value is -2.50. The average molecular weight is 289 g/mol. The maximum Gasteiger partial charge on any atom is 0.221 e. The van der Waals surface area contributed by atoms with Gasteiger partial charge in [0.25, 0.3) is 0 Å². The lowest BCUT2D eigenvalue weighted by molar-refractivity contribution is -0.114. The summed E-state index contributed by atoms with van der Waals surface area (Å²) in [4.78, 5) is 11.1. The third-order valence-corrected chi connectivity index (χ3v) is 3.16. The van der Waals surface area contributed by atoms with Crippen molar-refractivity contribution in [3.05, 3.63) is 35.2 Å². The number of rotatable bonds is 5. The van der Waals surface area contributed by atoms with Gasteiger partial charge in [-0.05, 0) is 32.0 Å². The fraction of sp³-hybridized carbons (Fsp3) is 0.333. The molecule has 0 saturated carbocycles. The molecule has 112 valence electrons. The van der Waals surface area contributed by atoms with Gasteiger partial charge in [-0.15, -0.1) is 0 Å². The number of carbonyl (C=O) groups excluding carboxylic acids is 1. The molecule has 2 aromatic rings. The first-order valence-electron chi connectivity index (χ1n) is 6.62. The van der Waals surface area contributed by atoms with Crippen molar-refractivity contribution < 1.29 is 14.1 Å². The fourth-order valence-corrected chi connectivity index (χ4v) is 2.07. The minimum Gasteiger partial charge on any atom is -0.495 e. The van der Waals surface area contributed by atoms with E-state index < -0.39 is 0 Å². The molecular formula is C15H19N3O3. The number of nitrogens with one attached hydrogen (secondary N) is 2. The zero-order valence-electron chi connectivity index (χ0n) is 12.6. The molecule has 1 aromatic heterocycles. The Kier molecular flexibility index (Phi) is 4.47. The number of amides is 1. The first kappa shape index (κ1) is 14.9. The smallest absolute Gasteiger partial charge is 0.221 e. The summed E-state index contributed by atoms with van der Waals surface area (Å²) in [6.45, 7) is 5.82. The number of hydrogen-bond acceptors (Lipinski definition) is 5. The molecular weight excluding hydrogens is 270 g/mol. The number of carbonyl (C=O) groups is 1. The summed E-state index contributed by atoms with van der Waals surface area (Å²) in [6.07, 6.45) is 0. The van der Waals surface area contributed by atoms with Crippen LogP contribution in [0.25, 0.3) is 0 Å². The molecule has 0 radical (unpaired) electrons. The van der Waals surface area contributed by atoms with E-state index in [9.17, 15) is 4.79 Å². The van der Waals surface area contributed by atoms with Gasteiger partial charge in [-0.1, -0.05) is 5.16 Å². The third-order valence-electron chi connectivity index (χ3n) is 3.16. The molecule has 0 aliphatic heterocycles. The van der Waals surface area contributed by atoms with Crippen LogP contribution in [0.5, 0.6) is 5.75 Å². The van der Waals surface area contributed by atoms with Gasteiger partial charge in [-0.25, -0.2) is 0 Å². The maximum atomic E-state index is 11.1.